The van der Waals surface area contributed by atoms with Gasteiger partial charge < -0.3 is 5.32 Å². The molecule has 98 valence electrons. The van der Waals surface area contributed by atoms with Gasteiger partial charge in [-0.05, 0) is 59.0 Å². The molecule has 2 rings (SSSR count). The molecule has 2 aromatic rings. The van der Waals surface area contributed by atoms with Crippen LogP contribution in [-0.2, 0) is 0 Å². The fourth-order valence-corrected chi connectivity index (χ4v) is 2.02. The molecule has 0 unspecified atom stereocenters. The minimum atomic E-state index is -1.11. The number of benzene rings is 2. The van der Waals surface area contributed by atoms with Crippen molar-refractivity contribution in [3.63, 3.8) is 0 Å². The first-order valence-corrected chi connectivity index (χ1v) is 6.64. The summed E-state index contributed by atoms with van der Waals surface area (Å²) >= 11 is 7.85. The van der Waals surface area contributed by atoms with Crippen LogP contribution < -0.4 is 5.32 Å². The number of halogens is 4. The fraction of sp³-hybridized carbons (Fsp3) is 0. The summed E-state index contributed by atoms with van der Waals surface area (Å²) in [6, 6.07) is 8.58. The van der Waals surface area contributed by atoms with E-state index < -0.39 is 17.5 Å². The van der Waals surface area contributed by atoms with Crippen LogP contribution in [0.2, 0.25) is 5.02 Å². The monoisotopic (exact) mass is 393 g/mol. The Morgan fingerprint density at radius 1 is 1.11 bits per heavy atom. The molecule has 0 bridgehead atoms. The lowest BCUT2D eigenvalue weighted by Gasteiger charge is -2.07. The maximum atomic E-state index is 13.1. The summed E-state index contributed by atoms with van der Waals surface area (Å²) in [4.78, 5) is 11.9. The van der Waals surface area contributed by atoms with Gasteiger partial charge in [-0.25, -0.2) is 8.78 Å². The zero-order valence-corrected chi connectivity index (χ0v) is 12.3. The van der Waals surface area contributed by atoms with E-state index in [1.165, 1.54) is 0 Å². The van der Waals surface area contributed by atoms with Crippen LogP contribution in [0.5, 0.6) is 0 Å². The smallest absolute Gasteiger partial charge is 0.257 e. The zero-order chi connectivity index (χ0) is 14.0. The van der Waals surface area contributed by atoms with Crippen molar-refractivity contribution in [1.82, 2.24) is 0 Å². The molecule has 2 nitrogen and oxygen atoms in total. The molecule has 19 heavy (non-hydrogen) atoms. The predicted octanol–water partition coefficient (Wildman–Crippen LogP) is 4.48. The van der Waals surface area contributed by atoms with Gasteiger partial charge in [-0.1, -0.05) is 11.6 Å². The predicted molar refractivity (Wildman–Crippen MR) is 78.5 cm³/mol. The zero-order valence-electron chi connectivity index (χ0n) is 9.38. The maximum Gasteiger partial charge on any atom is 0.257 e. The number of hydrogen-bond donors (Lipinski definition) is 1. The molecule has 0 heterocycles. The Kier molecular flexibility index (Phi) is 4.36. The quantitative estimate of drug-likeness (QED) is 0.592. The van der Waals surface area contributed by atoms with E-state index in [0.29, 0.717) is 5.69 Å². The van der Waals surface area contributed by atoms with Crippen LogP contribution in [0, 0.1) is 15.2 Å². The molecule has 0 saturated carbocycles. The summed E-state index contributed by atoms with van der Waals surface area (Å²) in [5, 5.41) is 2.42. The van der Waals surface area contributed by atoms with Crippen molar-refractivity contribution in [2.45, 2.75) is 0 Å². The second-order valence-electron chi connectivity index (χ2n) is 3.71. The number of carbonyl (C=O) groups is 1. The molecule has 0 aliphatic carbocycles. The number of rotatable bonds is 2. The van der Waals surface area contributed by atoms with E-state index in [0.717, 1.165) is 15.7 Å². The SMILES string of the molecule is O=C(Nc1ccc(I)cc1)c1cc(F)c(F)cc1Cl. The Morgan fingerprint density at radius 3 is 2.32 bits per heavy atom. The largest absolute Gasteiger partial charge is 0.322 e. The van der Waals surface area contributed by atoms with Gasteiger partial charge in [0.25, 0.3) is 5.91 Å². The molecule has 0 aromatic heterocycles. The van der Waals surface area contributed by atoms with E-state index >= 15 is 0 Å². The summed E-state index contributed by atoms with van der Waals surface area (Å²) in [6.07, 6.45) is 0. The lowest BCUT2D eigenvalue weighted by Crippen LogP contribution is -2.13. The normalized spacial score (nSPS) is 10.3. The van der Waals surface area contributed by atoms with Crippen LogP contribution in [0.15, 0.2) is 36.4 Å². The Hall–Kier alpha value is -1.21. The highest BCUT2D eigenvalue weighted by Crippen LogP contribution is 2.21. The first-order valence-electron chi connectivity index (χ1n) is 5.19. The lowest BCUT2D eigenvalue weighted by molar-refractivity contribution is 0.102. The van der Waals surface area contributed by atoms with Gasteiger partial charge in [-0.3, -0.25) is 4.79 Å². The molecular weight excluding hydrogens is 387 g/mol. The highest BCUT2D eigenvalue weighted by atomic mass is 127. The molecule has 1 N–H and O–H groups in total. The van der Waals surface area contributed by atoms with E-state index in [1.54, 1.807) is 12.1 Å². The van der Waals surface area contributed by atoms with E-state index in [9.17, 15) is 13.6 Å². The minimum absolute atomic E-state index is 0.112. The average molecular weight is 394 g/mol. The molecule has 6 heteroatoms. The van der Waals surface area contributed by atoms with Gasteiger partial charge in [-0.2, -0.15) is 0 Å². The van der Waals surface area contributed by atoms with E-state index in [-0.39, 0.29) is 10.6 Å². The van der Waals surface area contributed by atoms with Gasteiger partial charge >= 0.3 is 0 Å². The standard InChI is InChI=1S/C13H7ClF2INO/c14-10-6-12(16)11(15)5-9(10)13(19)18-8-3-1-7(17)2-4-8/h1-6H,(H,18,19). The first-order chi connectivity index (χ1) is 8.97. The van der Waals surface area contributed by atoms with Crippen LogP contribution >= 0.6 is 34.2 Å². The summed E-state index contributed by atoms with van der Waals surface area (Å²) in [5.74, 6) is -2.79. The number of hydrogen-bond acceptors (Lipinski definition) is 1. The number of nitrogens with one attached hydrogen (secondary N) is 1. The van der Waals surface area contributed by atoms with E-state index in [4.69, 9.17) is 11.6 Å². The molecule has 0 radical (unpaired) electrons. The van der Waals surface area contributed by atoms with E-state index in [1.807, 2.05) is 12.1 Å². The minimum Gasteiger partial charge on any atom is -0.322 e. The topological polar surface area (TPSA) is 29.1 Å². The average Bonchev–Trinajstić information content (AvgIpc) is 2.36. The Labute approximate surface area is 126 Å². The molecule has 1 amide bonds. The summed E-state index contributed by atoms with van der Waals surface area (Å²) in [5.41, 5.74) is 0.435. The summed E-state index contributed by atoms with van der Waals surface area (Å²) in [7, 11) is 0. The third-order valence-corrected chi connectivity index (χ3v) is 3.39. The van der Waals surface area contributed by atoms with Crippen molar-refractivity contribution in [3.8, 4) is 0 Å². The molecule has 0 spiro atoms. The Bertz CT molecular complexity index is 631. The summed E-state index contributed by atoms with van der Waals surface area (Å²) < 4.78 is 27.0. The third-order valence-electron chi connectivity index (χ3n) is 2.36. The van der Waals surface area contributed by atoms with Crippen LogP contribution in [0.3, 0.4) is 0 Å². The highest BCUT2D eigenvalue weighted by molar-refractivity contribution is 14.1. The molecule has 0 saturated heterocycles. The van der Waals surface area contributed by atoms with Crippen molar-refractivity contribution >= 4 is 45.8 Å². The molecule has 0 aliphatic heterocycles. The van der Waals surface area contributed by atoms with Crippen LogP contribution in [-0.4, -0.2) is 5.91 Å². The second kappa shape index (κ2) is 5.83. The first kappa shape index (κ1) is 14.2. The lowest BCUT2D eigenvalue weighted by atomic mass is 10.2. The van der Waals surface area contributed by atoms with Crippen molar-refractivity contribution in [3.05, 3.63) is 62.2 Å². The van der Waals surface area contributed by atoms with Gasteiger partial charge in [0, 0.05) is 9.26 Å². The van der Waals surface area contributed by atoms with Crippen molar-refractivity contribution in [2.24, 2.45) is 0 Å². The molecular formula is C13H7ClF2INO. The van der Waals surface area contributed by atoms with Crippen LogP contribution in [0.25, 0.3) is 0 Å². The molecule has 0 fully saturated rings. The summed E-state index contributed by atoms with van der Waals surface area (Å²) in [6.45, 7) is 0. The van der Waals surface area contributed by atoms with Crippen molar-refractivity contribution in [1.29, 1.82) is 0 Å². The Balaban J connectivity index is 2.25. The fourth-order valence-electron chi connectivity index (χ4n) is 1.43. The molecule has 0 atom stereocenters. The van der Waals surface area contributed by atoms with Crippen molar-refractivity contribution in [2.75, 3.05) is 5.32 Å². The maximum absolute atomic E-state index is 13.1. The van der Waals surface area contributed by atoms with Crippen LogP contribution in [0.4, 0.5) is 14.5 Å². The van der Waals surface area contributed by atoms with Crippen molar-refractivity contribution < 1.29 is 13.6 Å². The molecule has 0 aliphatic rings. The third kappa shape index (κ3) is 3.42. The van der Waals surface area contributed by atoms with Gasteiger partial charge in [0.05, 0.1) is 10.6 Å². The van der Waals surface area contributed by atoms with Gasteiger partial charge in [0.15, 0.2) is 11.6 Å². The highest BCUT2D eigenvalue weighted by Gasteiger charge is 2.15. The Morgan fingerprint density at radius 2 is 1.68 bits per heavy atom. The number of amides is 1. The number of carbonyl (C=O) groups excluding carboxylic acids is 1. The van der Waals surface area contributed by atoms with Gasteiger partial charge in [0.1, 0.15) is 0 Å². The van der Waals surface area contributed by atoms with E-state index in [2.05, 4.69) is 27.9 Å². The molecule has 2 aromatic carbocycles. The van der Waals surface area contributed by atoms with Gasteiger partial charge in [-0.15, -0.1) is 0 Å². The second-order valence-corrected chi connectivity index (χ2v) is 5.36. The number of anilines is 1. The van der Waals surface area contributed by atoms with Crippen LogP contribution in [0.1, 0.15) is 10.4 Å². The van der Waals surface area contributed by atoms with Gasteiger partial charge in [0.2, 0.25) is 0 Å².